The maximum atomic E-state index is 5.06. The van der Waals surface area contributed by atoms with E-state index in [4.69, 9.17) is 4.74 Å². The average molecular weight is 294 g/mol. The van der Waals surface area contributed by atoms with E-state index in [0.717, 1.165) is 38.6 Å². The largest absolute Gasteiger partial charge is 0.383 e. The predicted molar refractivity (Wildman–Crippen MR) is 85.3 cm³/mol. The monoisotopic (exact) mass is 294 g/mol. The van der Waals surface area contributed by atoms with Crippen molar-refractivity contribution in [2.75, 3.05) is 39.9 Å². The number of aromatic nitrogens is 2. The molecular formula is C16H30N4O. The van der Waals surface area contributed by atoms with Crippen LogP contribution in [0.5, 0.6) is 0 Å². The van der Waals surface area contributed by atoms with Gasteiger partial charge in [0.1, 0.15) is 0 Å². The van der Waals surface area contributed by atoms with Crippen molar-refractivity contribution in [2.24, 2.45) is 13.0 Å². The number of nitrogens with zero attached hydrogens (tertiary/aromatic N) is 3. The minimum atomic E-state index is 0.805. The fourth-order valence-corrected chi connectivity index (χ4v) is 2.95. The zero-order valence-electron chi connectivity index (χ0n) is 13.8. The minimum Gasteiger partial charge on any atom is -0.383 e. The fraction of sp³-hybridized carbons (Fsp3) is 0.812. The molecule has 1 aromatic rings. The van der Waals surface area contributed by atoms with Gasteiger partial charge in [0.05, 0.1) is 18.0 Å². The van der Waals surface area contributed by atoms with Gasteiger partial charge in [-0.1, -0.05) is 6.92 Å². The quantitative estimate of drug-likeness (QED) is 0.737. The highest BCUT2D eigenvalue weighted by atomic mass is 16.5. The summed E-state index contributed by atoms with van der Waals surface area (Å²) in [5.74, 6) is 0.816. The second-order valence-electron chi connectivity index (χ2n) is 6.02. The Hall–Kier alpha value is -0.910. The fourth-order valence-electron chi connectivity index (χ4n) is 2.95. The van der Waals surface area contributed by atoms with Crippen molar-refractivity contribution in [1.29, 1.82) is 0 Å². The Morgan fingerprint density at radius 3 is 2.76 bits per heavy atom. The summed E-state index contributed by atoms with van der Waals surface area (Å²) < 4.78 is 7.10. The lowest BCUT2D eigenvalue weighted by atomic mass is 9.96. The lowest BCUT2D eigenvalue weighted by Crippen LogP contribution is -2.37. The summed E-state index contributed by atoms with van der Waals surface area (Å²) in [5.41, 5.74) is 2.54. The molecule has 1 aliphatic heterocycles. The Morgan fingerprint density at radius 1 is 1.38 bits per heavy atom. The molecule has 0 atom stereocenters. The molecule has 120 valence electrons. The minimum absolute atomic E-state index is 0.805. The van der Waals surface area contributed by atoms with Gasteiger partial charge in [0.15, 0.2) is 0 Å². The summed E-state index contributed by atoms with van der Waals surface area (Å²) in [7, 11) is 3.81. The maximum Gasteiger partial charge on any atom is 0.0625 e. The van der Waals surface area contributed by atoms with Crippen LogP contribution in [0.3, 0.4) is 0 Å². The Balaban J connectivity index is 1.70. The number of likely N-dealkylation sites (tertiary alicyclic amines) is 1. The van der Waals surface area contributed by atoms with Crippen LogP contribution in [0.15, 0.2) is 6.07 Å². The molecule has 0 aliphatic carbocycles. The van der Waals surface area contributed by atoms with Gasteiger partial charge in [-0.05, 0) is 50.9 Å². The predicted octanol–water partition coefficient (Wildman–Crippen LogP) is 1.43. The summed E-state index contributed by atoms with van der Waals surface area (Å²) in [5, 5.41) is 8.02. The maximum absolute atomic E-state index is 5.06. The van der Waals surface area contributed by atoms with Crippen molar-refractivity contribution in [1.82, 2.24) is 20.0 Å². The first-order valence-electron chi connectivity index (χ1n) is 8.16. The molecule has 1 aromatic heterocycles. The first-order valence-corrected chi connectivity index (χ1v) is 8.16. The number of rotatable bonds is 8. The Bertz CT molecular complexity index is 410. The third-order valence-corrected chi connectivity index (χ3v) is 4.40. The summed E-state index contributed by atoms with van der Waals surface area (Å²) in [6, 6.07) is 2.25. The average Bonchev–Trinajstić information content (AvgIpc) is 2.86. The van der Waals surface area contributed by atoms with Crippen molar-refractivity contribution in [2.45, 2.75) is 32.7 Å². The van der Waals surface area contributed by atoms with E-state index in [1.54, 1.807) is 7.11 Å². The van der Waals surface area contributed by atoms with Crippen molar-refractivity contribution in [3.05, 3.63) is 17.5 Å². The number of hydrogen-bond acceptors (Lipinski definition) is 4. The van der Waals surface area contributed by atoms with Gasteiger partial charge < -0.3 is 10.1 Å². The van der Waals surface area contributed by atoms with E-state index in [-0.39, 0.29) is 0 Å². The summed E-state index contributed by atoms with van der Waals surface area (Å²) in [4.78, 5) is 2.56. The lowest BCUT2D eigenvalue weighted by Gasteiger charge is -2.32. The SMILES string of the molecule is CCc1cc(CN2CCC(CNCCOC)CC2)n(C)n1. The van der Waals surface area contributed by atoms with Crippen LogP contribution in [0.25, 0.3) is 0 Å². The van der Waals surface area contributed by atoms with Gasteiger partial charge in [-0.15, -0.1) is 0 Å². The molecule has 0 aromatic carbocycles. The zero-order chi connectivity index (χ0) is 15.1. The van der Waals surface area contributed by atoms with Crippen molar-refractivity contribution >= 4 is 0 Å². The molecule has 0 saturated carbocycles. The number of hydrogen-bond donors (Lipinski definition) is 1. The smallest absolute Gasteiger partial charge is 0.0625 e. The van der Waals surface area contributed by atoms with Crippen LogP contribution in [-0.4, -0.2) is 54.6 Å². The number of ether oxygens (including phenoxy) is 1. The van der Waals surface area contributed by atoms with Crippen LogP contribution < -0.4 is 5.32 Å². The van der Waals surface area contributed by atoms with E-state index in [2.05, 4.69) is 35.4 Å². The third kappa shape index (κ3) is 5.09. The molecule has 1 fully saturated rings. The Labute approximate surface area is 128 Å². The molecule has 0 spiro atoms. The van der Waals surface area contributed by atoms with E-state index >= 15 is 0 Å². The number of nitrogens with one attached hydrogen (secondary N) is 1. The van der Waals surface area contributed by atoms with Gasteiger partial charge in [-0.2, -0.15) is 5.10 Å². The highest BCUT2D eigenvalue weighted by molar-refractivity contribution is 5.10. The highest BCUT2D eigenvalue weighted by Crippen LogP contribution is 2.18. The van der Waals surface area contributed by atoms with Gasteiger partial charge in [0.2, 0.25) is 0 Å². The van der Waals surface area contributed by atoms with Gasteiger partial charge >= 0.3 is 0 Å². The summed E-state index contributed by atoms with van der Waals surface area (Å²) >= 11 is 0. The normalized spacial score (nSPS) is 17.5. The van der Waals surface area contributed by atoms with Crippen LogP contribution in [0.2, 0.25) is 0 Å². The molecule has 0 amide bonds. The van der Waals surface area contributed by atoms with Crippen LogP contribution in [0.1, 0.15) is 31.2 Å². The van der Waals surface area contributed by atoms with E-state index in [9.17, 15) is 0 Å². The Kier molecular flexibility index (Phi) is 6.67. The number of aryl methyl sites for hydroxylation is 2. The summed E-state index contributed by atoms with van der Waals surface area (Å²) in [6.07, 6.45) is 3.60. The van der Waals surface area contributed by atoms with E-state index < -0.39 is 0 Å². The lowest BCUT2D eigenvalue weighted by molar-refractivity contribution is 0.165. The van der Waals surface area contributed by atoms with Crippen LogP contribution in [0, 0.1) is 5.92 Å². The molecule has 0 unspecified atom stereocenters. The van der Waals surface area contributed by atoms with E-state index in [0.29, 0.717) is 0 Å². The molecule has 1 N–H and O–H groups in total. The molecule has 2 rings (SSSR count). The second-order valence-corrected chi connectivity index (χ2v) is 6.02. The first kappa shape index (κ1) is 16.5. The molecular weight excluding hydrogens is 264 g/mol. The third-order valence-electron chi connectivity index (χ3n) is 4.40. The second kappa shape index (κ2) is 8.51. The molecule has 5 heteroatoms. The van der Waals surface area contributed by atoms with E-state index in [1.165, 1.54) is 37.3 Å². The summed E-state index contributed by atoms with van der Waals surface area (Å²) in [6.45, 7) is 8.49. The topological polar surface area (TPSA) is 42.3 Å². The molecule has 0 radical (unpaired) electrons. The van der Waals surface area contributed by atoms with Crippen molar-refractivity contribution in [3.63, 3.8) is 0 Å². The van der Waals surface area contributed by atoms with Crippen LogP contribution in [0.4, 0.5) is 0 Å². The molecule has 1 aliphatic rings. The molecule has 5 nitrogen and oxygen atoms in total. The van der Waals surface area contributed by atoms with Gasteiger partial charge in [0.25, 0.3) is 0 Å². The standard InChI is InChI=1S/C16H30N4O/c1-4-15-11-16(19(2)18-15)13-20-8-5-14(6-9-20)12-17-7-10-21-3/h11,14,17H,4-10,12-13H2,1-3H3. The Morgan fingerprint density at radius 2 is 2.14 bits per heavy atom. The zero-order valence-corrected chi connectivity index (χ0v) is 13.8. The molecule has 0 bridgehead atoms. The van der Waals surface area contributed by atoms with Crippen molar-refractivity contribution in [3.8, 4) is 0 Å². The van der Waals surface area contributed by atoms with E-state index in [1.807, 2.05) is 4.68 Å². The molecule has 1 saturated heterocycles. The number of methoxy groups -OCH3 is 1. The molecule has 2 heterocycles. The molecule has 21 heavy (non-hydrogen) atoms. The van der Waals surface area contributed by atoms with Gasteiger partial charge in [-0.25, -0.2) is 0 Å². The van der Waals surface area contributed by atoms with Crippen LogP contribution in [-0.2, 0) is 24.8 Å². The van der Waals surface area contributed by atoms with Crippen LogP contribution >= 0.6 is 0 Å². The van der Waals surface area contributed by atoms with Gasteiger partial charge in [-0.3, -0.25) is 9.58 Å². The van der Waals surface area contributed by atoms with Gasteiger partial charge in [0, 0.05) is 27.2 Å². The van der Waals surface area contributed by atoms with Crippen molar-refractivity contribution < 1.29 is 4.74 Å². The first-order chi connectivity index (χ1) is 10.2. The highest BCUT2D eigenvalue weighted by Gasteiger charge is 2.19. The number of piperidine rings is 1.